The van der Waals surface area contributed by atoms with Crippen LogP contribution in [0.25, 0.3) is 5.57 Å². The highest BCUT2D eigenvalue weighted by molar-refractivity contribution is 6.35. The molecule has 2 aromatic rings. The summed E-state index contributed by atoms with van der Waals surface area (Å²) in [5, 5.41) is 0. The van der Waals surface area contributed by atoms with E-state index in [0.717, 1.165) is 17.7 Å². The first kappa shape index (κ1) is 20.2. The van der Waals surface area contributed by atoms with Crippen molar-refractivity contribution in [3.63, 3.8) is 0 Å². The van der Waals surface area contributed by atoms with Crippen molar-refractivity contribution in [2.45, 2.75) is 19.9 Å². The predicted molar refractivity (Wildman–Crippen MR) is 114 cm³/mol. The lowest BCUT2D eigenvalue weighted by Gasteiger charge is -2.31. The molecular weight excluding hydrogens is 380 g/mol. The average molecular weight is 406 g/mol. The van der Waals surface area contributed by atoms with E-state index in [0.29, 0.717) is 37.6 Å². The third kappa shape index (κ3) is 3.71. The van der Waals surface area contributed by atoms with Crippen molar-refractivity contribution in [3.8, 4) is 5.75 Å². The van der Waals surface area contributed by atoms with Gasteiger partial charge in [-0.15, -0.1) is 0 Å². The number of carbonyl (C=O) groups excluding carboxylic acids is 2. The molecule has 0 saturated heterocycles. The van der Waals surface area contributed by atoms with E-state index in [9.17, 15) is 9.59 Å². The zero-order valence-electron chi connectivity index (χ0n) is 17.4. The van der Waals surface area contributed by atoms with E-state index in [2.05, 4.69) is 12.1 Å². The Balaban J connectivity index is 1.73. The molecular formula is C24H26N2O4. The lowest BCUT2D eigenvalue weighted by atomic mass is 9.98. The molecule has 0 radical (unpaired) electrons. The van der Waals surface area contributed by atoms with Gasteiger partial charge in [0.05, 0.1) is 25.3 Å². The minimum Gasteiger partial charge on any atom is -0.494 e. The van der Waals surface area contributed by atoms with Crippen molar-refractivity contribution >= 4 is 17.4 Å². The van der Waals surface area contributed by atoms with Crippen molar-refractivity contribution in [3.05, 3.63) is 70.9 Å². The van der Waals surface area contributed by atoms with Crippen LogP contribution in [0.1, 0.15) is 23.6 Å². The van der Waals surface area contributed by atoms with Gasteiger partial charge in [-0.05, 0) is 42.2 Å². The largest absolute Gasteiger partial charge is 0.494 e. The number of imide groups is 1. The number of benzene rings is 2. The minimum absolute atomic E-state index is 0.239. The number of amides is 2. The van der Waals surface area contributed by atoms with E-state index in [-0.39, 0.29) is 18.4 Å². The highest BCUT2D eigenvalue weighted by Crippen LogP contribution is 2.34. The molecule has 156 valence electrons. The van der Waals surface area contributed by atoms with E-state index in [4.69, 9.17) is 9.47 Å². The van der Waals surface area contributed by atoms with Crippen LogP contribution < -0.4 is 4.74 Å². The minimum atomic E-state index is -0.268. The summed E-state index contributed by atoms with van der Waals surface area (Å²) in [5.41, 5.74) is 4.15. The van der Waals surface area contributed by atoms with Crippen molar-refractivity contribution in [2.75, 3.05) is 33.4 Å². The normalized spacial score (nSPS) is 16.3. The van der Waals surface area contributed by atoms with Crippen LogP contribution in [0.2, 0.25) is 0 Å². The lowest BCUT2D eigenvalue weighted by molar-refractivity contribution is -0.138. The summed E-state index contributed by atoms with van der Waals surface area (Å²) in [6.45, 7) is 4.36. The van der Waals surface area contributed by atoms with E-state index in [1.54, 1.807) is 7.11 Å². The van der Waals surface area contributed by atoms with Crippen LogP contribution in [0.4, 0.5) is 0 Å². The smallest absolute Gasteiger partial charge is 0.277 e. The molecule has 6 nitrogen and oxygen atoms in total. The predicted octanol–water partition coefficient (Wildman–Crippen LogP) is 2.87. The van der Waals surface area contributed by atoms with Crippen LogP contribution in [-0.4, -0.2) is 55.0 Å². The second kappa shape index (κ2) is 8.71. The molecule has 0 aliphatic carbocycles. The topological polar surface area (TPSA) is 59.1 Å². The maximum absolute atomic E-state index is 13.3. The van der Waals surface area contributed by atoms with Crippen molar-refractivity contribution in [2.24, 2.45) is 0 Å². The molecule has 2 aliphatic rings. The molecule has 0 unspecified atom stereocenters. The van der Waals surface area contributed by atoms with Crippen LogP contribution >= 0.6 is 0 Å². The van der Waals surface area contributed by atoms with E-state index < -0.39 is 0 Å². The van der Waals surface area contributed by atoms with Gasteiger partial charge < -0.3 is 14.4 Å². The molecule has 0 bridgehead atoms. The van der Waals surface area contributed by atoms with Crippen LogP contribution in [0, 0.1) is 0 Å². The molecule has 30 heavy (non-hydrogen) atoms. The van der Waals surface area contributed by atoms with Gasteiger partial charge in [0.1, 0.15) is 11.4 Å². The Morgan fingerprint density at radius 3 is 2.40 bits per heavy atom. The Labute approximate surface area is 176 Å². The number of ether oxygens (including phenoxy) is 2. The zero-order chi connectivity index (χ0) is 21.1. The number of hydrogen-bond donors (Lipinski definition) is 0. The molecule has 4 rings (SSSR count). The monoisotopic (exact) mass is 406 g/mol. The summed E-state index contributed by atoms with van der Waals surface area (Å²) in [6, 6.07) is 15.6. The number of methoxy groups -OCH3 is 1. The molecule has 0 N–H and O–H groups in total. The summed E-state index contributed by atoms with van der Waals surface area (Å²) in [7, 11) is 1.56. The maximum atomic E-state index is 13.3. The van der Waals surface area contributed by atoms with Gasteiger partial charge in [-0.25, -0.2) is 0 Å². The van der Waals surface area contributed by atoms with Crippen molar-refractivity contribution in [1.29, 1.82) is 0 Å². The SMILES string of the molecule is CCOc1ccc(C2=C(N3CCc4ccccc4C3)C(=O)N(CCOC)C2=O)cc1. The van der Waals surface area contributed by atoms with Gasteiger partial charge >= 0.3 is 0 Å². The molecule has 2 aromatic carbocycles. The van der Waals surface area contributed by atoms with Crippen molar-refractivity contribution in [1.82, 2.24) is 9.80 Å². The van der Waals surface area contributed by atoms with Gasteiger partial charge in [-0.1, -0.05) is 36.4 Å². The summed E-state index contributed by atoms with van der Waals surface area (Å²) in [4.78, 5) is 29.9. The maximum Gasteiger partial charge on any atom is 0.277 e. The summed E-state index contributed by atoms with van der Waals surface area (Å²) in [6.07, 6.45) is 0.843. The summed E-state index contributed by atoms with van der Waals surface area (Å²) >= 11 is 0. The highest BCUT2D eigenvalue weighted by Gasteiger charge is 2.41. The van der Waals surface area contributed by atoms with Gasteiger partial charge in [-0.2, -0.15) is 0 Å². The second-order valence-electron chi connectivity index (χ2n) is 7.38. The zero-order valence-corrected chi connectivity index (χ0v) is 17.4. The van der Waals surface area contributed by atoms with Gasteiger partial charge in [-0.3, -0.25) is 14.5 Å². The number of carbonyl (C=O) groups is 2. The third-order valence-corrected chi connectivity index (χ3v) is 5.56. The standard InChI is InChI=1S/C24H26N2O4/c1-3-30-20-10-8-18(9-11-20)21-22(24(28)26(23(21)27)14-15-29-2)25-13-12-17-6-4-5-7-19(17)16-25/h4-11H,3,12-16H2,1-2H3. The van der Waals surface area contributed by atoms with E-state index >= 15 is 0 Å². The fourth-order valence-corrected chi connectivity index (χ4v) is 4.07. The van der Waals surface area contributed by atoms with Crippen molar-refractivity contribution < 1.29 is 19.1 Å². The van der Waals surface area contributed by atoms with E-state index in [1.165, 1.54) is 16.0 Å². The Bertz CT molecular complexity index is 981. The van der Waals surface area contributed by atoms with Gasteiger partial charge in [0.25, 0.3) is 11.8 Å². The average Bonchev–Trinajstić information content (AvgIpc) is 3.02. The molecule has 0 spiro atoms. The summed E-state index contributed by atoms with van der Waals surface area (Å²) in [5.74, 6) is 0.221. The van der Waals surface area contributed by atoms with Gasteiger partial charge in [0.2, 0.25) is 0 Å². The first-order chi connectivity index (χ1) is 14.6. The van der Waals surface area contributed by atoms with Gasteiger partial charge in [0.15, 0.2) is 0 Å². The lowest BCUT2D eigenvalue weighted by Crippen LogP contribution is -2.38. The fourth-order valence-electron chi connectivity index (χ4n) is 4.07. The fraction of sp³-hybridized carbons (Fsp3) is 0.333. The molecule has 0 atom stereocenters. The number of rotatable bonds is 7. The van der Waals surface area contributed by atoms with Crippen LogP contribution in [0.3, 0.4) is 0 Å². The Morgan fingerprint density at radius 1 is 0.967 bits per heavy atom. The molecule has 0 aromatic heterocycles. The summed E-state index contributed by atoms with van der Waals surface area (Å²) < 4.78 is 10.6. The number of nitrogens with zero attached hydrogens (tertiary/aromatic N) is 2. The molecule has 2 amide bonds. The van der Waals surface area contributed by atoms with Crippen LogP contribution in [0.15, 0.2) is 54.2 Å². The molecule has 0 saturated carbocycles. The quantitative estimate of drug-likeness (QED) is 0.662. The number of hydrogen-bond acceptors (Lipinski definition) is 5. The second-order valence-corrected chi connectivity index (χ2v) is 7.38. The van der Waals surface area contributed by atoms with Crippen LogP contribution in [0.5, 0.6) is 5.75 Å². The van der Waals surface area contributed by atoms with Gasteiger partial charge in [0, 0.05) is 20.2 Å². The number of fused-ring (bicyclic) bond motifs is 1. The Kier molecular flexibility index (Phi) is 5.86. The first-order valence-corrected chi connectivity index (χ1v) is 10.3. The highest BCUT2D eigenvalue weighted by atomic mass is 16.5. The molecule has 6 heteroatoms. The van der Waals surface area contributed by atoms with Crippen LogP contribution in [-0.2, 0) is 27.3 Å². The third-order valence-electron chi connectivity index (χ3n) is 5.56. The molecule has 2 aliphatic heterocycles. The van der Waals surface area contributed by atoms with E-state index in [1.807, 2.05) is 48.2 Å². The Morgan fingerprint density at radius 2 is 1.70 bits per heavy atom. The molecule has 2 heterocycles. The first-order valence-electron chi connectivity index (χ1n) is 10.3. The Hall–Kier alpha value is -3.12. The molecule has 0 fully saturated rings.